The number of amides is 1. The van der Waals surface area contributed by atoms with Gasteiger partial charge in [-0.25, -0.2) is 0 Å². The largest absolute Gasteiger partial charge is 0.395 e. The summed E-state index contributed by atoms with van der Waals surface area (Å²) < 4.78 is 5.39. The first-order valence-corrected chi connectivity index (χ1v) is 7.52. The van der Waals surface area contributed by atoms with E-state index in [4.69, 9.17) is 4.74 Å². The number of carbonyl (C=O) groups excluding carboxylic acids is 1. The summed E-state index contributed by atoms with van der Waals surface area (Å²) in [5, 5.41) is 12.5. The van der Waals surface area contributed by atoms with Gasteiger partial charge in [0.15, 0.2) is 0 Å². The maximum atomic E-state index is 12.4. The van der Waals surface area contributed by atoms with Crippen molar-refractivity contribution in [2.45, 2.75) is 50.6 Å². The molecular formula is C14H26N2O3. The Kier molecular flexibility index (Phi) is 6.07. The normalized spacial score (nSPS) is 25.2. The zero-order valence-electron chi connectivity index (χ0n) is 11.6. The van der Waals surface area contributed by atoms with Gasteiger partial charge in [-0.15, -0.1) is 0 Å². The van der Waals surface area contributed by atoms with Crippen molar-refractivity contribution in [3.63, 3.8) is 0 Å². The van der Waals surface area contributed by atoms with Gasteiger partial charge in [0.05, 0.1) is 19.8 Å². The lowest BCUT2D eigenvalue weighted by atomic mass is 9.93. The van der Waals surface area contributed by atoms with Crippen LogP contribution in [-0.4, -0.2) is 60.9 Å². The van der Waals surface area contributed by atoms with E-state index in [2.05, 4.69) is 5.32 Å². The SMILES string of the molecule is O=C(CC1COCCN1)N(CCO)C1CCCCC1. The van der Waals surface area contributed by atoms with Gasteiger partial charge in [-0.3, -0.25) is 4.79 Å². The minimum atomic E-state index is 0.0524. The first kappa shape index (κ1) is 14.8. The van der Waals surface area contributed by atoms with Crippen LogP contribution in [0.4, 0.5) is 0 Å². The Morgan fingerprint density at radius 2 is 2.11 bits per heavy atom. The number of nitrogens with zero attached hydrogens (tertiary/aromatic N) is 1. The van der Waals surface area contributed by atoms with E-state index in [1.807, 2.05) is 4.90 Å². The first-order chi connectivity index (χ1) is 9.31. The van der Waals surface area contributed by atoms with E-state index in [9.17, 15) is 9.90 Å². The number of aliphatic hydroxyl groups is 1. The highest BCUT2D eigenvalue weighted by atomic mass is 16.5. The third kappa shape index (κ3) is 4.44. The van der Waals surface area contributed by atoms with Gasteiger partial charge in [-0.05, 0) is 12.8 Å². The van der Waals surface area contributed by atoms with Crippen LogP contribution in [0.15, 0.2) is 0 Å². The second kappa shape index (κ2) is 7.82. The van der Waals surface area contributed by atoms with E-state index in [0.717, 1.165) is 26.0 Å². The number of nitrogens with one attached hydrogen (secondary N) is 1. The molecule has 1 aliphatic carbocycles. The zero-order chi connectivity index (χ0) is 13.5. The second-order valence-corrected chi connectivity index (χ2v) is 5.53. The molecule has 2 rings (SSSR count). The second-order valence-electron chi connectivity index (χ2n) is 5.53. The molecule has 1 saturated carbocycles. The molecule has 2 fully saturated rings. The summed E-state index contributed by atoms with van der Waals surface area (Å²) in [6.45, 7) is 2.69. The summed E-state index contributed by atoms with van der Waals surface area (Å²) >= 11 is 0. The van der Waals surface area contributed by atoms with Gasteiger partial charge in [0, 0.05) is 31.6 Å². The fourth-order valence-corrected chi connectivity index (χ4v) is 3.09. The van der Waals surface area contributed by atoms with Crippen LogP contribution >= 0.6 is 0 Å². The minimum Gasteiger partial charge on any atom is -0.395 e. The molecule has 5 heteroatoms. The van der Waals surface area contributed by atoms with Crippen molar-refractivity contribution in [3.05, 3.63) is 0 Å². The third-order valence-corrected chi connectivity index (χ3v) is 4.10. The zero-order valence-corrected chi connectivity index (χ0v) is 11.6. The molecule has 0 aromatic carbocycles. The van der Waals surface area contributed by atoms with Crippen LogP contribution in [0.3, 0.4) is 0 Å². The molecule has 2 N–H and O–H groups in total. The van der Waals surface area contributed by atoms with Crippen LogP contribution in [0.2, 0.25) is 0 Å². The van der Waals surface area contributed by atoms with E-state index in [1.165, 1.54) is 19.3 Å². The fourth-order valence-electron chi connectivity index (χ4n) is 3.09. The topological polar surface area (TPSA) is 61.8 Å². The summed E-state index contributed by atoms with van der Waals surface area (Å²) in [6, 6.07) is 0.462. The number of ether oxygens (including phenoxy) is 1. The summed E-state index contributed by atoms with van der Waals surface area (Å²) in [5.41, 5.74) is 0. The number of rotatable bonds is 5. The number of hydrogen-bond donors (Lipinski definition) is 2. The van der Waals surface area contributed by atoms with Crippen molar-refractivity contribution in [2.24, 2.45) is 0 Å². The predicted molar refractivity (Wildman–Crippen MR) is 72.9 cm³/mol. The van der Waals surface area contributed by atoms with Crippen LogP contribution in [0.1, 0.15) is 38.5 Å². The van der Waals surface area contributed by atoms with E-state index in [1.54, 1.807) is 0 Å². The van der Waals surface area contributed by atoms with E-state index in [0.29, 0.717) is 25.6 Å². The van der Waals surface area contributed by atoms with Crippen molar-refractivity contribution in [1.29, 1.82) is 0 Å². The fraction of sp³-hybridized carbons (Fsp3) is 0.929. The molecule has 1 amide bonds. The smallest absolute Gasteiger partial charge is 0.224 e. The Balaban J connectivity index is 1.87. The van der Waals surface area contributed by atoms with Crippen LogP contribution in [-0.2, 0) is 9.53 Å². The van der Waals surface area contributed by atoms with Crippen molar-refractivity contribution < 1.29 is 14.6 Å². The van der Waals surface area contributed by atoms with Crippen LogP contribution in [0.5, 0.6) is 0 Å². The third-order valence-electron chi connectivity index (χ3n) is 4.10. The summed E-state index contributed by atoms with van der Waals surface area (Å²) in [4.78, 5) is 14.3. The Morgan fingerprint density at radius 3 is 2.74 bits per heavy atom. The molecule has 2 aliphatic rings. The standard InChI is InChI=1S/C14H26N2O3/c17-8-7-16(13-4-2-1-3-5-13)14(18)10-12-11-19-9-6-15-12/h12-13,15,17H,1-11H2. The lowest BCUT2D eigenvalue weighted by Gasteiger charge is -2.35. The first-order valence-electron chi connectivity index (χ1n) is 7.52. The molecule has 0 spiro atoms. The monoisotopic (exact) mass is 270 g/mol. The summed E-state index contributed by atoms with van der Waals surface area (Å²) in [6.07, 6.45) is 6.32. The Morgan fingerprint density at radius 1 is 1.32 bits per heavy atom. The minimum absolute atomic E-state index is 0.0524. The highest BCUT2D eigenvalue weighted by Gasteiger charge is 2.27. The van der Waals surface area contributed by atoms with E-state index in [-0.39, 0.29) is 18.6 Å². The van der Waals surface area contributed by atoms with Gasteiger partial charge < -0.3 is 20.1 Å². The van der Waals surface area contributed by atoms with Gasteiger partial charge in [-0.1, -0.05) is 19.3 Å². The number of aliphatic hydroxyl groups excluding tert-OH is 1. The van der Waals surface area contributed by atoms with Crippen molar-refractivity contribution in [1.82, 2.24) is 10.2 Å². The number of hydrogen-bond acceptors (Lipinski definition) is 4. The van der Waals surface area contributed by atoms with Crippen molar-refractivity contribution in [3.8, 4) is 0 Å². The van der Waals surface area contributed by atoms with E-state index >= 15 is 0 Å². The maximum Gasteiger partial charge on any atom is 0.224 e. The molecule has 0 radical (unpaired) electrons. The molecule has 1 heterocycles. The van der Waals surface area contributed by atoms with Crippen molar-refractivity contribution in [2.75, 3.05) is 32.9 Å². The van der Waals surface area contributed by atoms with Gasteiger partial charge in [0.25, 0.3) is 0 Å². The van der Waals surface area contributed by atoms with Gasteiger partial charge in [0.1, 0.15) is 0 Å². The van der Waals surface area contributed by atoms with E-state index < -0.39 is 0 Å². The molecule has 19 heavy (non-hydrogen) atoms. The van der Waals surface area contributed by atoms with Crippen LogP contribution < -0.4 is 5.32 Å². The number of morpholine rings is 1. The molecule has 0 aromatic rings. The summed E-state index contributed by atoms with van der Waals surface area (Å²) in [7, 11) is 0. The average molecular weight is 270 g/mol. The van der Waals surface area contributed by atoms with Gasteiger partial charge in [-0.2, -0.15) is 0 Å². The predicted octanol–water partition coefficient (Wildman–Crippen LogP) is 0.518. The molecule has 110 valence electrons. The highest BCUT2D eigenvalue weighted by molar-refractivity contribution is 5.77. The van der Waals surface area contributed by atoms with Gasteiger partial charge in [0.2, 0.25) is 5.91 Å². The summed E-state index contributed by atoms with van der Waals surface area (Å²) in [5.74, 6) is 0.156. The van der Waals surface area contributed by atoms with Crippen molar-refractivity contribution >= 4 is 5.91 Å². The highest BCUT2D eigenvalue weighted by Crippen LogP contribution is 2.23. The number of carbonyl (C=O) groups is 1. The molecule has 1 saturated heterocycles. The molecule has 1 atom stereocenters. The Hall–Kier alpha value is -0.650. The maximum absolute atomic E-state index is 12.4. The lowest BCUT2D eigenvalue weighted by molar-refractivity contribution is -0.136. The van der Waals surface area contributed by atoms with Crippen LogP contribution in [0, 0.1) is 0 Å². The molecular weight excluding hydrogens is 244 g/mol. The molecule has 1 aliphatic heterocycles. The molecule has 0 bridgehead atoms. The molecule has 1 unspecified atom stereocenters. The van der Waals surface area contributed by atoms with Gasteiger partial charge >= 0.3 is 0 Å². The Labute approximate surface area is 115 Å². The average Bonchev–Trinajstić information content (AvgIpc) is 2.46. The quantitative estimate of drug-likeness (QED) is 0.764. The molecule has 5 nitrogen and oxygen atoms in total. The van der Waals surface area contributed by atoms with Crippen LogP contribution in [0.25, 0.3) is 0 Å². The lowest BCUT2D eigenvalue weighted by Crippen LogP contribution is -2.48. The molecule has 0 aromatic heterocycles. The Bertz CT molecular complexity index is 274.